The number of nitro benzene ring substituents is 1. The maximum absolute atomic E-state index is 12.0. The number of H-pyrrole nitrogens is 1. The molecule has 1 aromatic heterocycles. The summed E-state index contributed by atoms with van der Waals surface area (Å²) in [5, 5.41) is 11.6. The molecule has 0 bridgehead atoms. The molecule has 8 heteroatoms. The SMILES string of the molecule is CCCCN(CCCC)c1c(C)c([N+](=O)[O-])cc2c1[nH]c(=O)c(=O)n2C. The number of hydrogen-bond donors (Lipinski definition) is 1. The highest BCUT2D eigenvalue weighted by Crippen LogP contribution is 2.35. The Morgan fingerprint density at radius 2 is 1.77 bits per heavy atom. The maximum atomic E-state index is 12.0. The van der Waals surface area contributed by atoms with Crippen LogP contribution in [0.3, 0.4) is 0 Å². The molecule has 0 atom stereocenters. The van der Waals surface area contributed by atoms with Gasteiger partial charge in [-0.2, -0.15) is 0 Å². The average Bonchev–Trinajstić information content (AvgIpc) is 2.60. The van der Waals surface area contributed by atoms with Crippen LogP contribution in [0.15, 0.2) is 15.7 Å². The summed E-state index contributed by atoms with van der Waals surface area (Å²) in [6.45, 7) is 7.34. The molecule has 2 rings (SSSR count). The van der Waals surface area contributed by atoms with Gasteiger partial charge in [-0.3, -0.25) is 19.7 Å². The first kappa shape index (κ1) is 19.7. The van der Waals surface area contributed by atoms with Crippen molar-refractivity contribution in [3.63, 3.8) is 0 Å². The Labute approximate surface area is 151 Å². The molecule has 0 fully saturated rings. The van der Waals surface area contributed by atoms with Crippen molar-refractivity contribution < 1.29 is 4.92 Å². The Balaban J connectivity index is 2.86. The summed E-state index contributed by atoms with van der Waals surface area (Å²) in [4.78, 5) is 39.9. The number of nitrogens with zero attached hydrogens (tertiary/aromatic N) is 3. The van der Waals surface area contributed by atoms with Crippen molar-refractivity contribution in [3.05, 3.63) is 42.5 Å². The Morgan fingerprint density at radius 3 is 2.27 bits per heavy atom. The second kappa shape index (κ2) is 8.16. The summed E-state index contributed by atoms with van der Waals surface area (Å²) in [5.41, 5.74) is 0.489. The first-order chi connectivity index (χ1) is 12.3. The van der Waals surface area contributed by atoms with Crippen molar-refractivity contribution in [2.24, 2.45) is 7.05 Å². The largest absolute Gasteiger partial charge is 0.369 e. The third-order valence-corrected chi connectivity index (χ3v) is 4.68. The van der Waals surface area contributed by atoms with Gasteiger partial charge >= 0.3 is 11.1 Å². The lowest BCUT2D eigenvalue weighted by molar-refractivity contribution is -0.385. The number of benzene rings is 1. The van der Waals surface area contributed by atoms with Crippen LogP contribution in [0.5, 0.6) is 0 Å². The predicted octanol–water partition coefficient (Wildman–Crippen LogP) is 2.85. The summed E-state index contributed by atoms with van der Waals surface area (Å²) in [6, 6.07) is 1.36. The highest BCUT2D eigenvalue weighted by Gasteiger charge is 2.24. The van der Waals surface area contributed by atoms with E-state index in [0.717, 1.165) is 38.8 Å². The third kappa shape index (κ3) is 3.63. The molecule has 0 aliphatic carbocycles. The van der Waals surface area contributed by atoms with Gasteiger partial charge in [0.2, 0.25) is 0 Å². The minimum atomic E-state index is -0.727. The van der Waals surface area contributed by atoms with E-state index in [4.69, 9.17) is 0 Å². The minimum absolute atomic E-state index is 0.0486. The number of fused-ring (bicyclic) bond motifs is 1. The van der Waals surface area contributed by atoms with Crippen LogP contribution in [0.2, 0.25) is 0 Å². The molecule has 8 nitrogen and oxygen atoms in total. The summed E-state index contributed by atoms with van der Waals surface area (Å²) >= 11 is 0. The Kier molecular flexibility index (Phi) is 6.18. The number of hydrogen-bond acceptors (Lipinski definition) is 5. The van der Waals surface area contributed by atoms with E-state index in [9.17, 15) is 19.7 Å². The fraction of sp³-hybridized carbons (Fsp3) is 0.556. The fourth-order valence-electron chi connectivity index (χ4n) is 3.17. The van der Waals surface area contributed by atoms with Gasteiger partial charge in [0.25, 0.3) is 5.69 Å². The molecule has 2 aromatic rings. The highest BCUT2D eigenvalue weighted by molar-refractivity contribution is 5.93. The van der Waals surface area contributed by atoms with Gasteiger partial charge in [0, 0.05) is 26.2 Å². The zero-order valence-corrected chi connectivity index (χ0v) is 15.8. The number of rotatable bonds is 8. The van der Waals surface area contributed by atoms with E-state index in [2.05, 4.69) is 23.7 Å². The van der Waals surface area contributed by atoms with E-state index in [-0.39, 0.29) is 5.69 Å². The number of aromatic nitrogens is 2. The Morgan fingerprint density at radius 1 is 1.19 bits per heavy atom. The van der Waals surface area contributed by atoms with Gasteiger partial charge in [0.15, 0.2) is 0 Å². The Hall–Kier alpha value is -2.64. The number of nitro groups is 1. The normalized spacial score (nSPS) is 11.1. The minimum Gasteiger partial charge on any atom is -0.369 e. The maximum Gasteiger partial charge on any atom is 0.316 e. The lowest BCUT2D eigenvalue weighted by atomic mass is 10.1. The van der Waals surface area contributed by atoms with Gasteiger partial charge < -0.3 is 14.5 Å². The molecular formula is C18H26N4O4. The van der Waals surface area contributed by atoms with Crippen molar-refractivity contribution in [1.82, 2.24) is 9.55 Å². The van der Waals surface area contributed by atoms with Crippen LogP contribution < -0.4 is 16.0 Å². The van der Waals surface area contributed by atoms with Gasteiger partial charge in [-0.25, -0.2) is 0 Å². The van der Waals surface area contributed by atoms with Crippen LogP contribution >= 0.6 is 0 Å². The van der Waals surface area contributed by atoms with Crippen molar-refractivity contribution in [1.29, 1.82) is 0 Å². The zero-order chi connectivity index (χ0) is 19.4. The van der Waals surface area contributed by atoms with Crippen molar-refractivity contribution in [3.8, 4) is 0 Å². The van der Waals surface area contributed by atoms with Crippen LogP contribution in [-0.2, 0) is 7.05 Å². The molecule has 0 amide bonds. The quantitative estimate of drug-likeness (QED) is 0.442. The number of aromatic amines is 1. The molecule has 0 unspecified atom stereocenters. The number of unbranched alkanes of at least 4 members (excludes halogenated alkanes) is 2. The summed E-state index contributed by atoms with van der Waals surface area (Å²) < 4.78 is 1.18. The van der Waals surface area contributed by atoms with Crippen LogP contribution in [0.1, 0.15) is 45.1 Å². The van der Waals surface area contributed by atoms with E-state index in [1.165, 1.54) is 17.7 Å². The lowest BCUT2D eigenvalue weighted by Gasteiger charge is -2.27. The van der Waals surface area contributed by atoms with E-state index in [1.54, 1.807) is 6.92 Å². The number of aryl methyl sites for hydroxylation is 1. The van der Waals surface area contributed by atoms with E-state index in [1.807, 2.05) is 0 Å². The van der Waals surface area contributed by atoms with Gasteiger partial charge in [-0.1, -0.05) is 26.7 Å². The monoisotopic (exact) mass is 362 g/mol. The summed E-state index contributed by atoms with van der Waals surface area (Å²) in [7, 11) is 1.46. The second-order valence-corrected chi connectivity index (χ2v) is 6.53. The summed E-state index contributed by atoms with van der Waals surface area (Å²) in [6.07, 6.45) is 3.85. The zero-order valence-electron chi connectivity index (χ0n) is 15.8. The van der Waals surface area contributed by atoms with Gasteiger partial charge in [-0.15, -0.1) is 0 Å². The van der Waals surface area contributed by atoms with Crippen molar-refractivity contribution in [2.75, 3.05) is 18.0 Å². The molecule has 0 saturated heterocycles. The topological polar surface area (TPSA) is 101 Å². The van der Waals surface area contributed by atoms with Crippen molar-refractivity contribution in [2.45, 2.75) is 46.5 Å². The van der Waals surface area contributed by atoms with Crippen molar-refractivity contribution >= 4 is 22.4 Å². The molecule has 0 aliphatic rings. The first-order valence-corrected chi connectivity index (χ1v) is 8.99. The summed E-state index contributed by atoms with van der Waals surface area (Å²) in [5.74, 6) is 0. The molecule has 0 radical (unpaired) electrons. The van der Waals surface area contributed by atoms with Crippen LogP contribution in [0, 0.1) is 17.0 Å². The van der Waals surface area contributed by atoms with Gasteiger partial charge in [0.05, 0.1) is 27.2 Å². The molecular weight excluding hydrogens is 336 g/mol. The fourth-order valence-corrected chi connectivity index (χ4v) is 3.17. The second-order valence-electron chi connectivity index (χ2n) is 6.53. The van der Waals surface area contributed by atoms with Gasteiger partial charge in [-0.05, 0) is 19.8 Å². The standard InChI is InChI=1S/C18H26N4O4/c1-5-7-9-21(10-8-6-2)16-12(3)13(22(25)26)11-14-15(16)19-17(23)18(24)20(14)4/h11H,5-10H2,1-4H3,(H,19,23). The molecule has 26 heavy (non-hydrogen) atoms. The highest BCUT2D eigenvalue weighted by atomic mass is 16.6. The number of nitrogens with one attached hydrogen (secondary N) is 1. The molecule has 1 N–H and O–H groups in total. The third-order valence-electron chi connectivity index (χ3n) is 4.68. The van der Waals surface area contributed by atoms with Crippen LogP contribution in [-0.4, -0.2) is 27.6 Å². The van der Waals surface area contributed by atoms with E-state index >= 15 is 0 Å². The molecule has 0 saturated carbocycles. The lowest BCUT2D eigenvalue weighted by Crippen LogP contribution is -2.36. The molecule has 1 aromatic carbocycles. The number of anilines is 1. The smallest absolute Gasteiger partial charge is 0.316 e. The Bertz CT molecular complexity index is 921. The molecule has 0 spiro atoms. The van der Waals surface area contributed by atoms with E-state index in [0.29, 0.717) is 22.3 Å². The van der Waals surface area contributed by atoms with Crippen LogP contribution in [0.25, 0.3) is 11.0 Å². The van der Waals surface area contributed by atoms with Gasteiger partial charge in [0.1, 0.15) is 0 Å². The molecule has 0 aliphatic heterocycles. The average molecular weight is 362 g/mol. The molecule has 1 heterocycles. The first-order valence-electron chi connectivity index (χ1n) is 8.99. The molecule has 142 valence electrons. The van der Waals surface area contributed by atoms with Crippen LogP contribution in [0.4, 0.5) is 11.4 Å². The predicted molar refractivity (Wildman–Crippen MR) is 103 cm³/mol. The van der Waals surface area contributed by atoms with E-state index < -0.39 is 16.0 Å².